The highest BCUT2D eigenvalue weighted by atomic mass is 16.5. The van der Waals surface area contributed by atoms with Crippen LogP contribution in [0.3, 0.4) is 0 Å². The van der Waals surface area contributed by atoms with E-state index >= 15 is 0 Å². The third-order valence-electron chi connectivity index (χ3n) is 2.85. The largest absolute Gasteiger partial charge is 0.379 e. The molecule has 0 aromatic carbocycles. The van der Waals surface area contributed by atoms with Gasteiger partial charge in [-0.15, -0.1) is 0 Å². The Morgan fingerprint density at radius 2 is 1.95 bits per heavy atom. The summed E-state index contributed by atoms with van der Waals surface area (Å²) in [6.07, 6.45) is 3.40. The number of rotatable bonds is 12. The van der Waals surface area contributed by atoms with Crippen molar-refractivity contribution in [3.8, 4) is 0 Å². The first-order chi connectivity index (χ1) is 9.07. The highest BCUT2D eigenvalue weighted by Gasteiger charge is 2.10. The van der Waals surface area contributed by atoms with Crippen LogP contribution in [0.4, 0.5) is 0 Å². The van der Waals surface area contributed by atoms with Crippen LogP contribution in [0.1, 0.15) is 33.1 Å². The first kappa shape index (κ1) is 18.4. The quantitative estimate of drug-likeness (QED) is 0.518. The van der Waals surface area contributed by atoms with Crippen molar-refractivity contribution < 1.29 is 9.53 Å². The van der Waals surface area contributed by atoms with E-state index in [1.165, 1.54) is 12.8 Å². The highest BCUT2D eigenvalue weighted by Crippen LogP contribution is 1.91. The van der Waals surface area contributed by atoms with Crippen LogP contribution in [-0.4, -0.2) is 63.8 Å². The molecule has 0 aromatic rings. The van der Waals surface area contributed by atoms with Crippen molar-refractivity contribution in [2.75, 3.05) is 46.9 Å². The molecule has 1 amide bonds. The second kappa shape index (κ2) is 12.4. The van der Waals surface area contributed by atoms with Crippen LogP contribution in [0.15, 0.2) is 0 Å². The number of unbranched alkanes of at least 4 members (excludes halogenated alkanes) is 2. The predicted molar refractivity (Wildman–Crippen MR) is 79.4 cm³/mol. The van der Waals surface area contributed by atoms with Crippen molar-refractivity contribution in [3.05, 3.63) is 0 Å². The van der Waals surface area contributed by atoms with Gasteiger partial charge in [0.25, 0.3) is 0 Å². The van der Waals surface area contributed by atoms with Crippen molar-refractivity contribution >= 4 is 5.91 Å². The standard InChI is InChI=1S/C14H31N3O2/c1-5-6-7-8-16-14(18)13(2)15-9-11-19-12-10-17(3)4/h13,15H,5-12H2,1-4H3,(H,16,18). The summed E-state index contributed by atoms with van der Waals surface area (Å²) in [5.41, 5.74) is 0. The maximum absolute atomic E-state index is 11.7. The lowest BCUT2D eigenvalue weighted by Gasteiger charge is -2.14. The molecule has 0 spiro atoms. The Morgan fingerprint density at radius 3 is 2.58 bits per heavy atom. The van der Waals surface area contributed by atoms with Gasteiger partial charge >= 0.3 is 0 Å². The topological polar surface area (TPSA) is 53.6 Å². The molecule has 0 aliphatic heterocycles. The number of carbonyl (C=O) groups excluding carboxylic acids is 1. The lowest BCUT2D eigenvalue weighted by atomic mass is 10.2. The zero-order valence-corrected chi connectivity index (χ0v) is 13.0. The molecule has 2 N–H and O–H groups in total. The van der Waals surface area contributed by atoms with E-state index in [1.807, 2.05) is 21.0 Å². The summed E-state index contributed by atoms with van der Waals surface area (Å²) in [5, 5.41) is 6.10. The molecule has 0 saturated carbocycles. The molecule has 5 nitrogen and oxygen atoms in total. The van der Waals surface area contributed by atoms with E-state index in [4.69, 9.17) is 4.74 Å². The third-order valence-corrected chi connectivity index (χ3v) is 2.85. The van der Waals surface area contributed by atoms with Gasteiger partial charge in [-0.1, -0.05) is 19.8 Å². The Bertz CT molecular complexity index is 223. The zero-order chi connectivity index (χ0) is 14.5. The van der Waals surface area contributed by atoms with Gasteiger partial charge in [-0.25, -0.2) is 0 Å². The van der Waals surface area contributed by atoms with Crippen LogP contribution in [0.5, 0.6) is 0 Å². The summed E-state index contributed by atoms with van der Waals surface area (Å²) >= 11 is 0. The van der Waals surface area contributed by atoms with Crippen molar-refractivity contribution in [2.24, 2.45) is 0 Å². The van der Waals surface area contributed by atoms with E-state index in [9.17, 15) is 4.79 Å². The molecule has 0 bridgehead atoms. The smallest absolute Gasteiger partial charge is 0.236 e. The Labute approximate surface area is 118 Å². The van der Waals surface area contributed by atoms with E-state index in [0.717, 1.165) is 26.1 Å². The summed E-state index contributed by atoms with van der Waals surface area (Å²) in [7, 11) is 4.04. The molecule has 19 heavy (non-hydrogen) atoms. The van der Waals surface area contributed by atoms with E-state index in [0.29, 0.717) is 13.2 Å². The second-order valence-corrected chi connectivity index (χ2v) is 5.09. The molecule has 0 aliphatic rings. The van der Waals surface area contributed by atoms with Gasteiger partial charge in [-0.05, 0) is 27.4 Å². The minimum Gasteiger partial charge on any atom is -0.379 e. The average molecular weight is 273 g/mol. The van der Waals surface area contributed by atoms with Crippen LogP contribution in [0.2, 0.25) is 0 Å². The Morgan fingerprint density at radius 1 is 1.21 bits per heavy atom. The Kier molecular flexibility index (Phi) is 12.0. The van der Waals surface area contributed by atoms with Crippen molar-refractivity contribution in [2.45, 2.75) is 39.2 Å². The van der Waals surface area contributed by atoms with Crippen molar-refractivity contribution in [1.82, 2.24) is 15.5 Å². The molecule has 0 fully saturated rings. The fourth-order valence-corrected chi connectivity index (χ4v) is 1.53. The lowest BCUT2D eigenvalue weighted by Crippen LogP contribution is -2.43. The molecule has 0 aliphatic carbocycles. The molecule has 0 aromatic heterocycles. The van der Waals surface area contributed by atoms with Crippen LogP contribution in [0.25, 0.3) is 0 Å². The lowest BCUT2D eigenvalue weighted by molar-refractivity contribution is -0.122. The van der Waals surface area contributed by atoms with E-state index in [2.05, 4.69) is 22.5 Å². The number of hydrogen-bond donors (Lipinski definition) is 2. The molecule has 1 atom stereocenters. The molecule has 0 radical (unpaired) electrons. The first-order valence-electron chi connectivity index (χ1n) is 7.31. The van der Waals surface area contributed by atoms with Gasteiger partial charge in [0.1, 0.15) is 0 Å². The molecule has 114 valence electrons. The first-order valence-corrected chi connectivity index (χ1v) is 7.31. The summed E-state index contributed by atoms with van der Waals surface area (Å²) < 4.78 is 5.45. The van der Waals surface area contributed by atoms with Gasteiger partial charge in [0, 0.05) is 19.6 Å². The number of likely N-dealkylation sites (N-methyl/N-ethyl adjacent to an activating group) is 1. The van der Waals surface area contributed by atoms with Crippen molar-refractivity contribution in [1.29, 1.82) is 0 Å². The summed E-state index contributed by atoms with van der Waals surface area (Å²) in [6.45, 7) is 7.81. The SMILES string of the molecule is CCCCCNC(=O)C(C)NCCOCCN(C)C. The van der Waals surface area contributed by atoms with Crippen LogP contribution in [0, 0.1) is 0 Å². The summed E-state index contributed by atoms with van der Waals surface area (Å²) in [6, 6.07) is -0.154. The molecule has 5 heteroatoms. The fraction of sp³-hybridized carbons (Fsp3) is 0.929. The molecular weight excluding hydrogens is 242 g/mol. The van der Waals surface area contributed by atoms with Crippen LogP contribution >= 0.6 is 0 Å². The van der Waals surface area contributed by atoms with Gasteiger partial charge in [-0.3, -0.25) is 4.79 Å². The predicted octanol–water partition coefficient (Wildman–Crippen LogP) is 0.849. The number of nitrogens with zero attached hydrogens (tertiary/aromatic N) is 1. The van der Waals surface area contributed by atoms with Crippen molar-refractivity contribution in [3.63, 3.8) is 0 Å². The van der Waals surface area contributed by atoms with E-state index in [-0.39, 0.29) is 11.9 Å². The van der Waals surface area contributed by atoms with Crippen LogP contribution < -0.4 is 10.6 Å². The molecule has 1 unspecified atom stereocenters. The fourth-order valence-electron chi connectivity index (χ4n) is 1.53. The third kappa shape index (κ3) is 12.1. The Hall–Kier alpha value is -0.650. The Balaban J connectivity index is 3.41. The van der Waals surface area contributed by atoms with Gasteiger partial charge in [0.2, 0.25) is 5.91 Å². The number of hydrogen-bond acceptors (Lipinski definition) is 4. The number of ether oxygens (including phenoxy) is 1. The highest BCUT2D eigenvalue weighted by molar-refractivity contribution is 5.81. The number of amides is 1. The molecule has 0 rings (SSSR count). The summed E-state index contributed by atoms with van der Waals surface area (Å²) in [5.74, 6) is 0.0735. The van der Waals surface area contributed by atoms with Gasteiger partial charge in [0.15, 0.2) is 0 Å². The van der Waals surface area contributed by atoms with E-state index in [1.54, 1.807) is 0 Å². The molecule has 0 heterocycles. The molecule has 0 saturated heterocycles. The maximum atomic E-state index is 11.7. The number of nitrogens with one attached hydrogen (secondary N) is 2. The van der Waals surface area contributed by atoms with Gasteiger partial charge in [-0.2, -0.15) is 0 Å². The normalized spacial score (nSPS) is 12.7. The minimum atomic E-state index is -0.154. The van der Waals surface area contributed by atoms with E-state index < -0.39 is 0 Å². The second-order valence-electron chi connectivity index (χ2n) is 5.09. The van der Waals surface area contributed by atoms with Gasteiger partial charge < -0.3 is 20.3 Å². The van der Waals surface area contributed by atoms with Gasteiger partial charge in [0.05, 0.1) is 19.3 Å². The number of carbonyl (C=O) groups is 1. The molecular formula is C14H31N3O2. The average Bonchev–Trinajstić information content (AvgIpc) is 2.37. The maximum Gasteiger partial charge on any atom is 0.236 e. The minimum absolute atomic E-state index is 0.0735. The van der Waals surface area contributed by atoms with Crippen LogP contribution in [-0.2, 0) is 9.53 Å². The summed E-state index contributed by atoms with van der Waals surface area (Å²) in [4.78, 5) is 13.8. The monoisotopic (exact) mass is 273 g/mol. The zero-order valence-electron chi connectivity index (χ0n) is 13.0.